The topological polar surface area (TPSA) is 26.7 Å². The van der Waals surface area contributed by atoms with E-state index in [-0.39, 0.29) is 11.7 Å². The average Bonchev–Trinajstić information content (AvgIpc) is 2.49. The van der Waals surface area contributed by atoms with Crippen LogP contribution in [-0.2, 0) is 5.60 Å². The molecule has 0 aliphatic carbocycles. The second-order valence-corrected chi connectivity index (χ2v) is 6.29. The van der Waals surface area contributed by atoms with E-state index in [1.165, 1.54) is 12.1 Å². The van der Waals surface area contributed by atoms with Gasteiger partial charge in [0.25, 0.3) is 0 Å². The maximum Gasteiger partial charge on any atom is 0.123 e. The molecule has 0 saturated carbocycles. The summed E-state index contributed by atoms with van der Waals surface area (Å²) in [6, 6.07) is 6.27. The van der Waals surface area contributed by atoms with Gasteiger partial charge in [0, 0.05) is 38.6 Å². The van der Waals surface area contributed by atoms with Crippen LogP contribution in [0, 0.1) is 11.7 Å². The van der Waals surface area contributed by atoms with Crippen LogP contribution < -0.4 is 0 Å². The summed E-state index contributed by atoms with van der Waals surface area (Å²) in [5, 5.41) is 11.1. The van der Waals surface area contributed by atoms with Gasteiger partial charge in [0.15, 0.2) is 0 Å². The van der Waals surface area contributed by atoms with Gasteiger partial charge in [0.1, 0.15) is 5.82 Å². The predicted octanol–water partition coefficient (Wildman–Crippen LogP) is 2.31. The largest absolute Gasteiger partial charge is 0.385 e. The summed E-state index contributed by atoms with van der Waals surface area (Å²) in [5.41, 5.74) is -0.0788. The van der Waals surface area contributed by atoms with Crippen LogP contribution in [0.1, 0.15) is 25.8 Å². The lowest BCUT2D eigenvalue weighted by Gasteiger charge is -2.39. The Hall–Kier alpha value is -0.970. The Kier molecular flexibility index (Phi) is 5.36. The number of piperazine rings is 1. The summed E-state index contributed by atoms with van der Waals surface area (Å²) in [6.07, 6.45) is 0.632. The quantitative estimate of drug-likeness (QED) is 0.903. The lowest BCUT2D eigenvalue weighted by molar-refractivity contribution is -0.0372. The maximum atomic E-state index is 13.1. The Morgan fingerprint density at radius 2 is 1.76 bits per heavy atom. The number of halogens is 1. The van der Waals surface area contributed by atoms with E-state index in [4.69, 9.17) is 0 Å². The van der Waals surface area contributed by atoms with E-state index in [2.05, 4.69) is 23.8 Å². The third kappa shape index (κ3) is 3.82. The molecule has 2 atom stereocenters. The first-order valence-corrected chi connectivity index (χ1v) is 7.85. The third-order valence-corrected chi connectivity index (χ3v) is 4.83. The summed E-state index contributed by atoms with van der Waals surface area (Å²) in [5.74, 6) is -0.153. The van der Waals surface area contributed by atoms with E-state index in [0.29, 0.717) is 6.42 Å². The first-order chi connectivity index (χ1) is 9.95. The van der Waals surface area contributed by atoms with Crippen LogP contribution in [0.5, 0.6) is 0 Å². The molecular formula is C17H27FN2O. The van der Waals surface area contributed by atoms with E-state index < -0.39 is 5.60 Å². The Bertz CT molecular complexity index is 443. The fourth-order valence-electron chi connectivity index (χ4n) is 3.14. The van der Waals surface area contributed by atoms with Gasteiger partial charge in [0.05, 0.1) is 5.60 Å². The van der Waals surface area contributed by atoms with Crippen molar-refractivity contribution in [3.8, 4) is 0 Å². The van der Waals surface area contributed by atoms with Gasteiger partial charge in [0.2, 0.25) is 0 Å². The standard InChI is InChI=1S/C17H27FN2O/c1-4-17(21,15-5-7-16(18)8-6-15)14(2)13-20-11-9-19(3)10-12-20/h5-8,14,21H,4,9-13H2,1-3H3. The number of aliphatic hydroxyl groups is 1. The van der Waals surface area contributed by atoms with Crippen LogP contribution in [0.4, 0.5) is 4.39 Å². The zero-order valence-electron chi connectivity index (χ0n) is 13.3. The molecule has 2 unspecified atom stereocenters. The van der Waals surface area contributed by atoms with E-state index in [1.54, 1.807) is 12.1 Å². The molecule has 1 fully saturated rings. The van der Waals surface area contributed by atoms with Crippen molar-refractivity contribution in [3.05, 3.63) is 35.6 Å². The number of likely N-dealkylation sites (N-methyl/N-ethyl adjacent to an activating group) is 1. The summed E-state index contributed by atoms with van der Waals surface area (Å²) in [6.45, 7) is 9.19. The normalized spacial score (nSPS) is 22.0. The van der Waals surface area contributed by atoms with Crippen molar-refractivity contribution in [2.75, 3.05) is 39.8 Å². The molecule has 1 heterocycles. The maximum absolute atomic E-state index is 13.1. The third-order valence-electron chi connectivity index (χ3n) is 4.83. The number of rotatable bonds is 5. The van der Waals surface area contributed by atoms with Crippen molar-refractivity contribution in [2.45, 2.75) is 25.9 Å². The van der Waals surface area contributed by atoms with Crippen LogP contribution in [0.3, 0.4) is 0 Å². The molecule has 1 aliphatic heterocycles. The average molecular weight is 294 g/mol. The van der Waals surface area contributed by atoms with E-state index in [9.17, 15) is 9.50 Å². The molecule has 0 spiro atoms. The Labute approximate surface area is 127 Å². The number of nitrogens with zero attached hydrogens (tertiary/aromatic N) is 2. The molecule has 1 aromatic rings. The minimum Gasteiger partial charge on any atom is -0.385 e. The van der Waals surface area contributed by atoms with Crippen molar-refractivity contribution >= 4 is 0 Å². The first-order valence-electron chi connectivity index (χ1n) is 7.85. The molecule has 0 radical (unpaired) electrons. The predicted molar refractivity (Wildman–Crippen MR) is 83.7 cm³/mol. The molecule has 1 N–H and O–H groups in total. The lowest BCUT2D eigenvalue weighted by atomic mass is 9.80. The second-order valence-electron chi connectivity index (χ2n) is 6.29. The molecule has 1 aliphatic rings. The number of hydrogen-bond acceptors (Lipinski definition) is 3. The van der Waals surface area contributed by atoms with Crippen LogP contribution in [0.25, 0.3) is 0 Å². The van der Waals surface area contributed by atoms with Gasteiger partial charge in [-0.1, -0.05) is 26.0 Å². The molecule has 0 bridgehead atoms. The smallest absolute Gasteiger partial charge is 0.123 e. The number of hydrogen-bond donors (Lipinski definition) is 1. The SMILES string of the molecule is CCC(O)(c1ccc(F)cc1)C(C)CN1CCN(C)CC1. The second kappa shape index (κ2) is 6.86. The highest BCUT2D eigenvalue weighted by molar-refractivity contribution is 5.24. The summed E-state index contributed by atoms with van der Waals surface area (Å²) in [4.78, 5) is 4.74. The molecule has 0 aromatic heterocycles. The van der Waals surface area contributed by atoms with Crippen molar-refractivity contribution in [1.82, 2.24) is 9.80 Å². The summed E-state index contributed by atoms with van der Waals surface area (Å²) < 4.78 is 13.1. The van der Waals surface area contributed by atoms with Crippen molar-refractivity contribution in [1.29, 1.82) is 0 Å². The molecule has 2 rings (SSSR count). The Morgan fingerprint density at radius 1 is 1.19 bits per heavy atom. The Balaban J connectivity index is 2.06. The molecule has 118 valence electrons. The van der Waals surface area contributed by atoms with Gasteiger partial charge in [-0.2, -0.15) is 0 Å². The fourth-order valence-corrected chi connectivity index (χ4v) is 3.14. The highest BCUT2D eigenvalue weighted by Crippen LogP contribution is 2.33. The highest BCUT2D eigenvalue weighted by atomic mass is 19.1. The van der Waals surface area contributed by atoms with Crippen molar-refractivity contribution in [2.24, 2.45) is 5.92 Å². The van der Waals surface area contributed by atoms with Crippen LogP contribution >= 0.6 is 0 Å². The monoisotopic (exact) mass is 294 g/mol. The van der Waals surface area contributed by atoms with Gasteiger partial charge in [-0.15, -0.1) is 0 Å². The summed E-state index contributed by atoms with van der Waals surface area (Å²) >= 11 is 0. The minimum absolute atomic E-state index is 0.108. The highest BCUT2D eigenvalue weighted by Gasteiger charge is 2.35. The van der Waals surface area contributed by atoms with Crippen molar-refractivity contribution < 1.29 is 9.50 Å². The van der Waals surface area contributed by atoms with E-state index >= 15 is 0 Å². The van der Waals surface area contributed by atoms with E-state index in [0.717, 1.165) is 38.3 Å². The molecular weight excluding hydrogens is 267 g/mol. The number of benzene rings is 1. The molecule has 0 amide bonds. The van der Waals surface area contributed by atoms with E-state index in [1.807, 2.05) is 6.92 Å². The first kappa shape index (κ1) is 16.4. The van der Waals surface area contributed by atoms with Gasteiger partial charge in [-0.05, 0) is 31.2 Å². The lowest BCUT2D eigenvalue weighted by Crippen LogP contribution is -2.48. The molecule has 3 nitrogen and oxygen atoms in total. The van der Waals surface area contributed by atoms with Gasteiger partial charge in [-0.25, -0.2) is 4.39 Å². The van der Waals surface area contributed by atoms with Crippen LogP contribution in [-0.4, -0.2) is 54.7 Å². The van der Waals surface area contributed by atoms with Gasteiger partial charge >= 0.3 is 0 Å². The molecule has 1 saturated heterocycles. The van der Waals surface area contributed by atoms with Gasteiger partial charge < -0.3 is 14.9 Å². The zero-order chi connectivity index (χ0) is 15.5. The molecule has 1 aromatic carbocycles. The molecule has 4 heteroatoms. The Morgan fingerprint density at radius 3 is 2.29 bits per heavy atom. The zero-order valence-corrected chi connectivity index (χ0v) is 13.3. The van der Waals surface area contributed by atoms with Crippen molar-refractivity contribution in [3.63, 3.8) is 0 Å². The fraction of sp³-hybridized carbons (Fsp3) is 0.647. The van der Waals surface area contributed by atoms with Crippen LogP contribution in [0.15, 0.2) is 24.3 Å². The molecule has 21 heavy (non-hydrogen) atoms. The summed E-state index contributed by atoms with van der Waals surface area (Å²) in [7, 11) is 2.14. The van der Waals surface area contributed by atoms with Gasteiger partial charge in [-0.3, -0.25) is 0 Å². The van der Waals surface area contributed by atoms with Crippen LogP contribution in [0.2, 0.25) is 0 Å². The minimum atomic E-state index is -0.892.